The lowest BCUT2D eigenvalue weighted by Crippen LogP contribution is -2.05. The van der Waals surface area contributed by atoms with Crippen LogP contribution in [-0.2, 0) is 10.6 Å². The summed E-state index contributed by atoms with van der Waals surface area (Å²) in [6, 6.07) is 4.87. The Morgan fingerprint density at radius 2 is 1.88 bits per heavy atom. The van der Waals surface area contributed by atoms with Crippen LogP contribution in [0.5, 0.6) is 0 Å². The summed E-state index contributed by atoms with van der Waals surface area (Å²) in [4.78, 5) is 22.9. The van der Waals surface area contributed by atoms with Gasteiger partial charge in [0.05, 0.1) is 12.7 Å². The fourth-order valence-corrected chi connectivity index (χ4v) is 1.52. The summed E-state index contributed by atoms with van der Waals surface area (Å²) >= 11 is 5.70. The van der Waals surface area contributed by atoms with E-state index in [1.54, 1.807) is 19.1 Å². The molecular formula is C12H13ClO3. The van der Waals surface area contributed by atoms with Crippen LogP contribution in [0.4, 0.5) is 0 Å². The van der Waals surface area contributed by atoms with Crippen molar-refractivity contribution in [2.24, 2.45) is 0 Å². The van der Waals surface area contributed by atoms with Gasteiger partial charge in [-0.25, -0.2) is 4.79 Å². The summed E-state index contributed by atoms with van der Waals surface area (Å²) in [5, 5.41) is 0. The lowest BCUT2D eigenvalue weighted by molar-refractivity contribution is 0.0600. The molecule has 0 aromatic heterocycles. The van der Waals surface area contributed by atoms with E-state index in [0.29, 0.717) is 17.5 Å². The molecule has 16 heavy (non-hydrogen) atoms. The maximum atomic E-state index is 11.5. The van der Waals surface area contributed by atoms with Crippen molar-refractivity contribution in [3.8, 4) is 0 Å². The minimum Gasteiger partial charge on any atom is -0.465 e. The fourth-order valence-electron chi connectivity index (χ4n) is 1.37. The average Bonchev–Trinajstić information content (AvgIpc) is 2.35. The van der Waals surface area contributed by atoms with Gasteiger partial charge in [-0.2, -0.15) is 0 Å². The van der Waals surface area contributed by atoms with Gasteiger partial charge in [0.1, 0.15) is 0 Å². The van der Waals surface area contributed by atoms with Crippen LogP contribution in [0.25, 0.3) is 0 Å². The highest BCUT2D eigenvalue weighted by atomic mass is 35.5. The summed E-state index contributed by atoms with van der Waals surface area (Å²) < 4.78 is 4.61. The molecule has 0 N–H and O–H groups in total. The minimum atomic E-state index is -0.461. The molecule has 3 nitrogen and oxygen atoms in total. The molecule has 4 heteroatoms. The maximum Gasteiger partial charge on any atom is 0.337 e. The van der Waals surface area contributed by atoms with E-state index >= 15 is 0 Å². The van der Waals surface area contributed by atoms with E-state index in [1.807, 2.05) is 0 Å². The Morgan fingerprint density at radius 1 is 1.25 bits per heavy atom. The van der Waals surface area contributed by atoms with Crippen molar-refractivity contribution in [1.29, 1.82) is 0 Å². The predicted octanol–water partition coefficient (Wildman–Crippen LogP) is 2.80. The normalized spacial score (nSPS) is 9.94. The zero-order valence-corrected chi connectivity index (χ0v) is 10.0. The molecule has 0 spiro atoms. The van der Waals surface area contributed by atoms with Crippen LogP contribution >= 0.6 is 11.6 Å². The van der Waals surface area contributed by atoms with Crippen molar-refractivity contribution in [2.45, 2.75) is 19.2 Å². The fraction of sp³-hybridized carbons (Fsp3) is 0.333. The van der Waals surface area contributed by atoms with E-state index in [2.05, 4.69) is 4.74 Å². The number of ketones is 1. The second-order valence-corrected chi connectivity index (χ2v) is 3.59. The monoisotopic (exact) mass is 240 g/mol. The molecule has 1 rings (SSSR count). The minimum absolute atomic E-state index is 0.0166. The average molecular weight is 241 g/mol. The van der Waals surface area contributed by atoms with Crippen LogP contribution in [-0.4, -0.2) is 18.9 Å². The molecule has 0 fully saturated rings. The first-order valence-electron chi connectivity index (χ1n) is 4.93. The van der Waals surface area contributed by atoms with E-state index in [-0.39, 0.29) is 11.7 Å². The van der Waals surface area contributed by atoms with Crippen LogP contribution < -0.4 is 0 Å². The van der Waals surface area contributed by atoms with Crippen molar-refractivity contribution < 1.29 is 14.3 Å². The molecule has 0 aliphatic carbocycles. The van der Waals surface area contributed by atoms with Gasteiger partial charge in [-0.3, -0.25) is 4.79 Å². The summed E-state index contributed by atoms with van der Waals surface area (Å²) in [7, 11) is 1.30. The first kappa shape index (κ1) is 12.7. The number of carbonyl (C=O) groups excluding carboxylic acids is 2. The predicted molar refractivity (Wildman–Crippen MR) is 62.0 cm³/mol. The molecule has 0 aliphatic rings. The summed E-state index contributed by atoms with van der Waals surface area (Å²) in [5.74, 6) is -0.219. The van der Waals surface area contributed by atoms with Crippen molar-refractivity contribution in [1.82, 2.24) is 0 Å². The molecule has 0 atom stereocenters. The molecule has 1 aromatic rings. The third-order valence-electron chi connectivity index (χ3n) is 2.21. The Labute approximate surface area is 99.4 Å². The zero-order chi connectivity index (χ0) is 12.1. The van der Waals surface area contributed by atoms with Crippen LogP contribution in [0.3, 0.4) is 0 Å². The molecule has 0 amide bonds. The topological polar surface area (TPSA) is 43.4 Å². The highest BCUT2D eigenvalue weighted by Crippen LogP contribution is 2.15. The summed E-state index contributed by atoms with van der Waals surface area (Å²) in [6.07, 6.45) is 0.395. The Bertz CT molecular complexity index is 378. The van der Waals surface area contributed by atoms with Gasteiger partial charge < -0.3 is 4.74 Å². The van der Waals surface area contributed by atoms with Crippen molar-refractivity contribution >= 4 is 23.4 Å². The molecule has 0 bridgehead atoms. The number of esters is 1. The van der Waals surface area contributed by atoms with Crippen molar-refractivity contribution in [3.05, 3.63) is 34.9 Å². The van der Waals surface area contributed by atoms with Gasteiger partial charge in [-0.05, 0) is 23.8 Å². The second-order valence-electron chi connectivity index (χ2n) is 3.32. The van der Waals surface area contributed by atoms with E-state index < -0.39 is 5.97 Å². The number of benzene rings is 1. The van der Waals surface area contributed by atoms with Crippen molar-refractivity contribution in [2.75, 3.05) is 7.11 Å². The lowest BCUT2D eigenvalue weighted by atomic mass is 10.0. The summed E-state index contributed by atoms with van der Waals surface area (Å²) in [6.45, 7) is 1.77. The number of hydrogen-bond donors (Lipinski definition) is 0. The van der Waals surface area contributed by atoms with Gasteiger partial charge in [0, 0.05) is 17.9 Å². The quantitative estimate of drug-likeness (QED) is 0.462. The third kappa shape index (κ3) is 2.83. The van der Waals surface area contributed by atoms with E-state index in [4.69, 9.17) is 11.6 Å². The number of carbonyl (C=O) groups is 2. The highest BCUT2D eigenvalue weighted by molar-refractivity contribution is 6.17. The molecule has 0 saturated carbocycles. The number of halogens is 1. The van der Waals surface area contributed by atoms with E-state index in [0.717, 1.165) is 5.56 Å². The number of Topliss-reactive ketones (excluding diaryl/α,β-unsaturated/α-hetero) is 1. The molecule has 0 radical (unpaired) electrons. The Hall–Kier alpha value is -1.35. The molecule has 86 valence electrons. The standard InChI is InChI=1S/C12H13ClO3/c1-3-11(14)9-4-8(7-13)5-10(6-9)12(15)16-2/h4-6H,3,7H2,1-2H3. The van der Waals surface area contributed by atoms with Crippen LogP contribution in [0.15, 0.2) is 18.2 Å². The number of rotatable bonds is 4. The molecule has 1 aromatic carbocycles. The van der Waals surface area contributed by atoms with Gasteiger partial charge >= 0.3 is 5.97 Å². The van der Waals surface area contributed by atoms with Gasteiger partial charge in [-0.1, -0.05) is 6.92 Å². The Kier molecular flexibility index (Phi) is 4.50. The van der Waals surface area contributed by atoms with Gasteiger partial charge in [0.25, 0.3) is 0 Å². The Balaban J connectivity index is 3.20. The SMILES string of the molecule is CCC(=O)c1cc(CCl)cc(C(=O)OC)c1. The first-order chi connectivity index (χ1) is 7.62. The van der Waals surface area contributed by atoms with Crippen LogP contribution in [0, 0.1) is 0 Å². The first-order valence-corrected chi connectivity index (χ1v) is 5.47. The summed E-state index contributed by atoms with van der Waals surface area (Å²) in [5.41, 5.74) is 1.60. The van der Waals surface area contributed by atoms with Crippen LogP contribution in [0.2, 0.25) is 0 Å². The lowest BCUT2D eigenvalue weighted by Gasteiger charge is -2.05. The molecule has 0 heterocycles. The number of hydrogen-bond acceptors (Lipinski definition) is 3. The van der Waals surface area contributed by atoms with Gasteiger partial charge in [-0.15, -0.1) is 11.6 Å². The van der Waals surface area contributed by atoms with E-state index in [9.17, 15) is 9.59 Å². The molecule has 0 unspecified atom stereocenters. The third-order valence-corrected chi connectivity index (χ3v) is 2.52. The number of ether oxygens (including phenoxy) is 1. The molecular weight excluding hydrogens is 228 g/mol. The highest BCUT2D eigenvalue weighted by Gasteiger charge is 2.11. The Morgan fingerprint density at radius 3 is 2.38 bits per heavy atom. The largest absolute Gasteiger partial charge is 0.465 e. The molecule has 0 aliphatic heterocycles. The zero-order valence-electron chi connectivity index (χ0n) is 9.25. The van der Waals surface area contributed by atoms with Gasteiger partial charge in [0.15, 0.2) is 5.78 Å². The number of methoxy groups -OCH3 is 1. The molecule has 0 saturated heterocycles. The smallest absolute Gasteiger partial charge is 0.337 e. The maximum absolute atomic E-state index is 11.5. The van der Waals surface area contributed by atoms with Crippen LogP contribution in [0.1, 0.15) is 39.6 Å². The van der Waals surface area contributed by atoms with Gasteiger partial charge in [0.2, 0.25) is 0 Å². The van der Waals surface area contributed by atoms with Crippen molar-refractivity contribution in [3.63, 3.8) is 0 Å². The van der Waals surface area contributed by atoms with E-state index in [1.165, 1.54) is 13.2 Å². The second kappa shape index (κ2) is 5.66. The number of alkyl halides is 1.